The maximum Gasteiger partial charge on any atom is 0.194 e. The molecule has 2 aromatic carbocycles. The van der Waals surface area contributed by atoms with Crippen LogP contribution in [0.2, 0.25) is 0 Å². The van der Waals surface area contributed by atoms with Crippen LogP contribution < -0.4 is 0 Å². The number of aliphatic hydroxyl groups is 2. The summed E-state index contributed by atoms with van der Waals surface area (Å²) >= 11 is 1.35. The van der Waals surface area contributed by atoms with E-state index in [9.17, 15) is 23.4 Å². The van der Waals surface area contributed by atoms with Gasteiger partial charge in [0, 0.05) is 17.6 Å². The van der Waals surface area contributed by atoms with Gasteiger partial charge in [-0.3, -0.25) is 0 Å². The first-order chi connectivity index (χ1) is 15.4. The van der Waals surface area contributed by atoms with Crippen LogP contribution in [0.1, 0.15) is 6.04 Å². The minimum Gasteiger partial charge on any atom is -0.394 e. The molecule has 1 fully saturated rings. The Morgan fingerprint density at radius 3 is 2.47 bits per heavy atom. The van der Waals surface area contributed by atoms with Crippen LogP contribution in [-0.4, -0.2) is 62.7 Å². The third kappa shape index (κ3) is 4.39. The Hall–Kier alpha value is -2.44. The summed E-state index contributed by atoms with van der Waals surface area (Å²) in [6.07, 6.45) is -1.49. The Morgan fingerprint density at radius 1 is 1.16 bits per heavy atom. The number of hydrogen-bond acceptors (Lipinski definition) is 7. The topological polar surface area (TPSA) is 89.6 Å². The fourth-order valence-electron chi connectivity index (χ4n) is 3.60. The molecule has 0 saturated carbocycles. The summed E-state index contributed by atoms with van der Waals surface area (Å²) in [4.78, 5) is 0.892. The van der Waals surface area contributed by atoms with Gasteiger partial charge in [0.15, 0.2) is 17.5 Å². The molecule has 32 heavy (non-hydrogen) atoms. The first kappa shape index (κ1) is 22.7. The van der Waals surface area contributed by atoms with Crippen molar-refractivity contribution in [2.45, 2.75) is 34.7 Å². The van der Waals surface area contributed by atoms with E-state index in [-0.39, 0.29) is 11.3 Å². The molecule has 0 spiro atoms. The quantitative estimate of drug-likeness (QED) is 0.539. The van der Waals surface area contributed by atoms with Gasteiger partial charge in [0.1, 0.15) is 35.5 Å². The molecule has 0 bridgehead atoms. The van der Waals surface area contributed by atoms with Crippen LogP contribution in [0.4, 0.5) is 13.2 Å². The van der Waals surface area contributed by atoms with Gasteiger partial charge >= 0.3 is 0 Å². The van der Waals surface area contributed by atoms with E-state index in [2.05, 4.69) is 10.3 Å². The molecule has 170 valence electrons. The highest BCUT2D eigenvalue weighted by Gasteiger charge is 2.47. The molecule has 3 aromatic rings. The molecular formula is C21H20F3N3O4S. The number of ether oxygens (including phenoxy) is 2. The number of benzene rings is 2. The number of nitrogens with zero attached hydrogens (tertiary/aromatic N) is 3. The lowest BCUT2D eigenvalue weighted by Gasteiger charge is -2.43. The molecule has 2 heterocycles. The van der Waals surface area contributed by atoms with Crippen LogP contribution in [0.25, 0.3) is 11.3 Å². The van der Waals surface area contributed by atoms with Crippen molar-refractivity contribution < 1.29 is 32.9 Å². The molecule has 5 atom stereocenters. The van der Waals surface area contributed by atoms with Gasteiger partial charge in [0.25, 0.3) is 0 Å². The highest BCUT2D eigenvalue weighted by molar-refractivity contribution is 7.99. The Labute approximate surface area is 185 Å². The van der Waals surface area contributed by atoms with Gasteiger partial charge in [0.2, 0.25) is 0 Å². The van der Waals surface area contributed by atoms with E-state index in [1.807, 2.05) is 30.3 Å². The molecule has 2 unspecified atom stereocenters. The molecule has 1 aromatic heterocycles. The predicted molar refractivity (Wildman–Crippen MR) is 109 cm³/mol. The van der Waals surface area contributed by atoms with E-state index in [1.165, 1.54) is 29.8 Å². The molecule has 1 aliphatic rings. The van der Waals surface area contributed by atoms with Crippen molar-refractivity contribution in [3.8, 4) is 11.3 Å². The number of thioether (sulfide) groups is 1. The average Bonchev–Trinajstić information content (AvgIpc) is 3.28. The van der Waals surface area contributed by atoms with Gasteiger partial charge in [0.05, 0.1) is 12.8 Å². The molecular weight excluding hydrogens is 447 g/mol. The SMILES string of the molecule is COC1[C@@H](n2cc(-c3cc(F)c(F)c(F)c3)nn2)[C@@H](O)C(CO)O[C@H]1Sc1ccccc1. The van der Waals surface area contributed by atoms with Crippen molar-refractivity contribution in [1.29, 1.82) is 0 Å². The predicted octanol–water partition coefficient (Wildman–Crippen LogP) is 2.79. The van der Waals surface area contributed by atoms with Crippen LogP contribution in [0.5, 0.6) is 0 Å². The highest BCUT2D eigenvalue weighted by Crippen LogP contribution is 2.39. The van der Waals surface area contributed by atoms with Gasteiger partial charge in [-0.15, -0.1) is 5.10 Å². The van der Waals surface area contributed by atoms with Crippen LogP contribution in [0.3, 0.4) is 0 Å². The zero-order valence-electron chi connectivity index (χ0n) is 16.8. The van der Waals surface area contributed by atoms with Gasteiger partial charge in [-0.2, -0.15) is 0 Å². The molecule has 0 aliphatic carbocycles. The first-order valence-electron chi connectivity index (χ1n) is 9.68. The maximum atomic E-state index is 13.6. The smallest absolute Gasteiger partial charge is 0.194 e. The van der Waals surface area contributed by atoms with Gasteiger partial charge < -0.3 is 19.7 Å². The number of aromatic nitrogens is 3. The maximum absolute atomic E-state index is 13.6. The van der Waals surface area contributed by atoms with E-state index in [0.717, 1.165) is 17.0 Å². The standard InChI is InChI=1S/C21H20F3N3O4S/c1-30-20-18(19(29)16(10-28)31-21(20)32-12-5-3-2-4-6-12)27-9-15(25-26-27)11-7-13(22)17(24)14(23)8-11/h2-9,16,18-21,28-29H,10H2,1H3/t16?,18-,19-,20?,21-/m0/s1. The second-order valence-corrected chi connectivity index (χ2v) is 8.35. The van der Waals surface area contributed by atoms with Crippen molar-refractivity contribution in [3.05, 3.63) is 66.1 Å². The lowest BCUT2D eigenvalue weighted by molar-refractivity contribution is -0.186. The number of aliphatic hydroxyl groups excluding tert-OH is 2. The minimum atomic E-state index is -1.58. The van der Waals surface area contributed by atoms with E-state index < -0.39 is 53.8 Å². The zero-order valence-corrected chi connectivity index (χ0v) is 17.6. The third-order valence-corrected chi connectivity index (χ3v) is 6.34. The van der Waals surface area contributed by atoms with E-state index in [1.54, 1.807) is 0 Å². The number of rotatable bonds is 6. The molecule has 11 heteroatoms. The van der Waals surface area contributed by atoms with Crippen LogP contribution in [-0.2, 0) is 9.47 Å². The van der Waals surface area contributed by atoms with Gasteiger partial charge in [-0.25, -0.2) is 17.9 Å². The fourth-order valence-corrected chi connectivity index (χ4v) is 4.79. The summed E-state index contributed by atoms with van der Waals surface area (Å²) < 4.78 is 53.4. The van der Waals surface area contributed by atoms with Gasteiger partial charge in [-0.05, 0) is 24.3 Å². The third-order valence-electron chi connectivity index (χ3n) is 5.19. The van der Waals surface area contributed by atoms with Crippen molar-refractivity contribution in [3.63, 3.8) is 0 Å². The van der Waals surface area contributed by atoms with Crippen LogP contribution in [0.15, 0.2) is 53.6 Å². The molecule has 0 amide bonds. The molecule has 7 nitrogen and oxygen atoms in total. The monoisotopic (exact) mass is 467 g/mol. The van der Waals surface area contributed by atoms with Gasteiger partial charge in [-0.1, -0.05) is 35.2 Å². The highest BCUT2D eigenvalue weighted by atomic mass is 32.2. The van der Waals surface area contributed by atoms with E-state index in [4.69, 9.17) is 9.47 Å². The minimum absolute atomic E-state index is 0.0166. The largest absolute Gasteiger partial charge is 0.394 e. The molecule has 1 aliphatic heterocycles. The van der Waals surface area contributed by atoms with Crippen molar-refractivity contribution >= 4 is 11.8 Å². The summed E-state index contributed by atoms with van der Waals surface area (Å²) in [5.74, 6) is -4.28. The Morgan fingerprint density at radius 2 is 1.84 bits per heavy atom. The first-order valence-corrected chi connectivity index (χ1v) is 10.6. The van der Waals surface area contributed by atoms with Crippen molar-refractivity contribution in [2.75, 3.05) is 13.7 Å². The van der Waals surface area contributed by atoms with Crippen molar-refractivity contribution in [1.82, 2.24) is 15.0 Å². The van der Waals surface area contributed by atoms with Crippen LogP contribution >= 0.6 is 11.8 Å². The molecule has 4 rings (SSSR count). The second-order valence-electron chi connectivity index (χ2n) is 7.18. The average molecular weight is 467 g/mol. The summed E-state index contributed by atoms with van der Waals surface area (Å²) in [5.41, 5.74) is -0.553. The summed E-state index contributed by atoms with van der Waals surface area (Å²) in [5, 5.41) is 28.5. The lowest BCUT2D eigenvalue weighted by atomic mass is 9.97. The Kier molecular flexibility index (Phi) is 6.82. The second kappa shape index (κ2) is 9.59. The summed E-state index contributed by atoms with van der Waals surface area (Å²) in [7, 11) is 1.45. The van der Waals surface area contributed by atoms with E-state index >= 15 is 0 Å². The van der Waals surface area contributed by atoms with Crippen LogP contribution in [0, 0.1) is 17.5 Å². The summed E-state index contributed by atoms with van der Waals surface area (Å²) in [6.45, 7) is -0.449. The fraction of sp³-hybridized carbons (Fsp3) is 0.333. The zero-order chi connectivity index (χ0) is 22.8. The lowest BCUT2D eigenvalue weighted by Crippen LogP contribution is -2.55. The van der Waals surface area contributed by atoms with Crippen molar-refractivity contribution in [2.24, 2.45) is 0 Å². The Bertz CT molecular complexity index is 1050. The number of methoxy groups -OCH3 is 1. The number of hydrogen-bond donors (Lipinski definition) is 2. The molecule has 2 N–H and O–H groups in total. The van der Waals surface area contributed by atoms with E-state index in [0.29, 0.717) is 0 Å². The molecule has 1 saturated heterocycles. The Balaban J connectivity index is 1.67. The summed E-state index contributed by atoms with van der Waals surface area (Å²) in [6, 6.07) is 10.2. The normalized spacial score (nSPS) is 25.8. The molecule has 0 radical (unpaired) electrons. The number of halogens is 3.